The zero-order valence-corrected chi connectivity index (χ0v) is 16.3. The summed E-state index contributed by atoms with van der Waals surface area (Å²) in [6.07, 6.45) is 1.99. The Bertz CT molecular complexity index is 1040. The molecule has 142 valence electrons. The van der Waals surface area contributed by atoms with Gasteiger partial charge in [0, 0.05) is 54.8 Å². The van der Waals surface area contributed by atoms with Gasteiger partial charge in [0.25, 0.3) is 0 Å². The van der Waals surface area contributed by atoms with Crippen LogP contribution in [0.2, 0.25) is 0 Å². The van der Waals surface area contributed by atoms with E-state index in [1.807, 2.05) is 56.3 Å². The Kier molecular flexibility index (Phi) is 5.54. The van der Waals surface area contributed by atoms with Crippen LogP contribution >= 0.6 is 0 Å². The number of rotatable bonds is 6. The number of pyridine rings is 1. The van der Waals surface area contributed by atoms with Gasteiger partial charge in [-0.1, -0.05) is 30.3 Å². The van der Waals surface area contributed by atoms with Crippen molar-refractivity contribution in [2.45, 2.75) is 13.3 Å². The molecule has 1 amide bonds. The number of primary amides is 1. The van der Waals surface area contributed by atoms with Gasteiger partial charge in [0.1, 0.15) is 0 Å². The monoisotopic (exact) mass is 373 g/mol. The molecule has 0 fully saturated rings. The molecule has 3 aromatic rings. The Hall–Kier alpha value is -3.47. The van der Waals surface area contributed by atoms with Crippen LogP contribution in [0.25, 0.3) is 11.1 Å². The fraction of sp³-hybridized carbons (Fsp3) is 0.174. The molecule has 0 atom stereocenters. The van der Waals surface area contributed by atoms with Crippen molar-refractivity contribution in [1.29, 1.82) is 0 Å². The molecule has 0 aliphatic rings. The molecule has 0 unspecified atom stereocenters. The number of aryl methyl sites for hydroxylation is 1. The van der Waals surface area contributed by atoms with Crippen LogP contribution in [-0.4, -0.2) is 30.8 Å². The molecule has 2 N–H and O–H groups in total. The summed E-state index contributed by atoms with van der Waals surface area (Å²) in [5, 5.41) is 0. The molecule has 28 heavy (non-hydrogen) atoms. The highest BCUT2D eigenvalue weighted by atomic mass is 16.1. The Morgan fingerprint density at radius 1 is 1.00 bits per heavy atom. The smallest absolute Gasteiger partial charge is 0.249 e. The molecule has 5 nitrogen and oxygen atoms in total. The molecular weight excluding hydrogens is 350 g/mol. The quantitative estimate of drug-likeness (QED) is 0.669. The third-order valence-corrected chi connectivity index (χ3v) is 4.61. The molecule has 0 aliphatic carbocycles. The largest absolute Gasteiger partial charge is 0.377 e. The standard InChI is InChI=1S/C23H23N3O2/c1-15-12-17(10-11-25-15)18-9-8-16(13-21(18)26(2)3)14-22(27)19-6-4-5-7-20(19)23(24)28/h4-13H,14H2,1-3H3,(H2,24,28). The minimum atomic E-state index is -0.596. The number of carbonyl (C=O) groups excluding carboxylic acids is 2. The molecule has 0 saturated carbocycles. The Balaban J connectivity index is 1.95. The second-order valence-electron chi connectivity index (χ2n) is 6.94. The average molecular weight is 373 g/mol. The molecule has 0 aliphatic heterocycles. The van der Waals surface area contributed by atoms with Gasteiger partial charge in [0.15, 0.2) is 5.78 Å². The normalized spacial score (nSPS) is 10.5. The van der Waals surface area contributed by atoms with E-state index in [0.717, 1.165) is 28.1 Å². The van der Waals surface area contributed by atoms with Crippen LogP contribution in [0, 0.1) is 6.92 Å². The van der Waals surface area contributed by atoms with E-state index in [-0.39, 0.29) is 17.8 Å². The van der Waals surface area contributed by atoms with E-state index in [1.54, 1.807) is 30.5 Å². The fourth-order valence-electron chi connectivity index (χ4n) is 3.24. The van der Waals surface area contributed by atoms with Gasteiger partial charge >= 0.3 is 0 Å². The molecule has 5 heteroatoms. The summed E-state index contributed by atoms with van der Waals surface area (Å²) in [4.78, 5) is 30.7. The maximum Gasteiger partial charge on any atom is 0.249 e. The topological polar surface area (TPSA) is 76.3 Å². The molecule has 2 aromatic carbocycles. The molecule has 3 rings (SSSR count). The van der Waals surface area contributed by atoms with Gasteiger partial charge < -0.3 is 10.6 Å². The van der Waals surface area contributed by atoms with Crippen LogP contribution in [0.1, 0.15) is 32.0 Å². The lowest BCUT2D eigenvalue weighted by Crippen LogP contribution is -2.17. The molecular formula is C23H23N3O2. The minimum absolute atomic E-state index is 0.133. The van der Waals surface area contributed by atoms with Crippen molar-refractivity contribution >= 4 is 17.4 Å². The van der Waals surface area contributed by atoms with E-state index >= 15 is 0 Å². The van der Waals surface area contributed by atoms with Gasteiger partial charge in [-0.15, -0.1) is 0 Å². The van der Waals surface area contributed by atoms with Gasteiger partial charge in [0.05, 0.1) is 0 Å². The maximum atomic E-state index is 12.8. The third-order valence-electron chi connectivity index (χ3n) is 4.61. The molecule has 0 saturated heterocycles. The summed E-state index contributed by atoms with van der Waals surface area (Å²) in [6, 6.07) is 16.6. The predicted molar refractivity (Wildman–Crippen MR) is 112 cm³/mol. The highest BCUT2D eigenvalue weighted by molar-refractivity contribution is 6.08. The Labute approximate surface area is 164 Å². The zero-order valence-electron chi connectivity index (χ0n) is 16.3. The number of hydrogen-bond donors (Lipinski definition) is 1. The highest BCUT2D eigenvalue weighted by Gasteiger charge is 2.16. The van der Waals surface area contributed by atoms with Crippen LogP contribution in [-0.2, 0) is 6.42 Å². The molecule has 1 aromatic heterocycles. The first-order valence-corrected chi connectivity index (χ1v) is 9.02. The lowest BCUT2D eigenvalue weighted by molar-refractivity contribution is 0.0963. The molecule has 0 bridgehead atoms. The predicted octanol–water partition coefficient (Wildman–Crippen LogP) is 3.65. The number of aromatic nitrogens is 1. The van der Waals surface area contributed by atoms with Crippen molar-refractivity contribution < 1.29 is 9.59 Å². The first-order chi connectivity index (χ1) is 13.4. The number of carbonyl (C=O) groups is 2. The number of Topliss-reactive ketones (excluding diaryl/α,β-unsaturated/α-hetero) is 1. The summed E-state index contributed by atoms with van der Waals surface area (Å²) in [6.45, 7) is 1.96. The summed E-state index contributed by atoms with van der Waals surface area (Å²) in [7, 11) is 3.95. The van der Waals surface area contributed by atoms with E-state index in [1.165, 1.54) is 0 Å². The van der Waals surface area contributed by atoms with E-state index in [2.05, 4.69) is 4.98 Å². The molecule has 0 spiro atoms. The summed E-state index contributed by atoms with van der Waals surface area (Å²) >= 11 is 0. The second-order valence-corrected chi connectivity index (χ2v) is 6.94. The number of hydrogen-bond acceptors (Lipinski definition) is 4. The van der Waals surface area contributed by atoms with Crippen LogP contribution in [0.5, 0.6) is 0 Å². The summed E-state index contributed by atoms with van der Waals surface area (Å²) in [5.41, 5.74) is 11.0. The zero-order chi connectivity index (χ0) is 20.3. The highest BCUT2D eigenvalue weighted by Crippen LogP contribution is 2.31. The fourth-order valence-corrected chi connectivity index (χ4v) is 3.24. The van der Waals surface area contributed by atoms with Crippen molar-refractivity contribution in [3.05, 3.63) is 83.2 Å². The third kappa shape index (κ3) is 4.09. The van der Waals surface area contributed by atoms with Crippen molar-refractivity contribution in [2.75, 3.05) is 19.0 Å². The van der Waals surface area contributed by atoms with Gasteiger partial charge in [-0.25, -0.2) is 0 Å². The Morgan fingerprint density at radius 3 is 2.36 bits per heavy atom. The molecule has 1 heterocycles. The second kappa shape index (κ2) is 8.05. The van der Waals surface area contributed by atoms with Crippen molar-refractivity contribution in [1.82, 2.24) is 4.98 Å². The Morgan fingerprint density at radius 2 is 1.71 bits per heavy atom. The molecule has 0 radical (unpaired) electrons. The first kappa shape index (κ1) is 19.3. The van der Waals surface area contributed by atoms with Crippen molar-refractivity contribution in [3.8, 4) is 11.1 Å². The van der Waals surface area contributed by atoms with E-state index in [9.17, 15) is 9.59 Å². The van der Waals surface area contributed by atoms with E-state index in [0.29, 0.717) is 5.56 Å². The maximum absolute atomic E-state index is 12.8. The van der Waals surface area contributed by atoms with Gasteiger partial charge in [0.2, 0.25) is 5.91 Å². The van der Waals surface area contributed by atoms with Crippen LogP contribution in [0.3, 0.4) is 0 Å². The van der Waals surface area contributed by atoms with Gasteiger partial charge in [-0.3, -0.25) is 14.6 Å². The minimum Gasteiger partial charge on any atom is -0.377 e. The number of amides is 1. The number of nitrogens with two attached hydrogens (primary N) is 1. The SMILES string of the molecule is Cc1cc(-c2ccc(CC(=O)c3ccccc3C(N)=O)cc2N(C)C)ccn1. The van der Waals surface area contributed by atoms with Gasteiger partial charge in [-0.05, 0) is 42.3 Å². The van der Waals surface area contributed by atoms with Crippen molar-refractivity contribution in [3.63, 3.8) is 0 Å². The van der Waals surface area contributed by atoms with Crippen LogP contribution in [0.15, 0.2) is 60.8 Å². The number of anilines is 1. The van der Waals surface area contributed by atoms with E-state index in [4.69, 9.17) is 5.73 Å². The van der Waals surface area contributed by atoms with Crippen molar-refractivity contribution in [2.24, 2.45) is 5.73 Å². The van der Waals surface area contributed by atoms with Crippen LogP contribution < -0.4 is 10.6 Å². The van der Waals surface area contributed by atoms with E-state index < -0.39 is 5.91 Å². The number of nitrogens with zero attached hydrogens (tertiary/aromatic N) is 2. The lowest BCUT2D eigenvalue weighted by atomic mass is 9.95. The van der Waals surface area contributed by atoms with Crippen LogP contribution in [0.4, 0.5) is 5.69 Å². The first-order valence-electron chi connectivity index (χ1n) is 9.02. The average Bonchev–Trinajstić information content (AvgIpc) is 2.67. The van der Waals surface area contributed by atoms with Gasteiger partial charge in [-0.2, -0.15) is 0 Å². The number of ketones is 1. The lowest BCUT2D eigenvalue weighted by Gasteiger charge is -2.19. The number of benzene rings is 2. The summed E-state index contributed by atoms with van der Waals surface area (Å²) in [5.74, 6) is -0.729. The summed E-state index contributed by atoms with van der Waals surface area (Å²) < 4.78 is 0.